The molecule has 0 aliphatic rings. The number of ether oxygens (including phenoxy) is 2. The maximum Gasteiger partial charge on any atom is 0.0849 e. The first-order valence-corrected chi connectivity index (χ1v) is 10.8. The van der Waals surface area contributed by atoms with Gasteiger partial charge in [-0.2, -0.15) is 0 Å². The highest BCUT2D eigenvalue weighted by atomic mass is 16.5. The predicted molar refractivity (Wildman–Crippen MR) is 123 cm³/mol. The van der Waals surface area contributed by atoms with Gasteiger partial charge in [0.15, 0.2) is 0 Å². The molecule has 0 aromatic heterocycles. The monoisotopic (exact) mass is 391 g/mol. The second-order valence-corrected chi connectivity index (χ2v) is 7.75. The minimum absolute atomic E-state index is 0.0784. The minimum atomic E-state index is 0.0784. The van der Waals surface area contributed by atoms with Crippen molar-refractivity contribution < 1.29 is 9.47 Å². The topological polar surface area (TPSA) is 30.5 Å². The molecule has 3 nitrogen and oxygen atoms in total. The molecule has 1 N–H and O–H groups in total. The summed E-state index contributed by atoms with van der Waals surface area (Å²) in [7, 11) is 3.80. The summed E-state index contributed by atoms with van der Waals surface area (Å²) < 4.78 is 11.9. The molecule has 0 saturated carbocycles. The van der Waals surface area contributed by atoms with Crippen LogP contribution in [0.3, 0.4) is 0 Å². The Morgan fingerprint density at radius 2 is 1.82 bits per heavy atom. The van der Waals surface area contributed by atoms with Gasteiger partial charge in [-0.25, -0.2) is 0 Å². The lowest BCUT2D eigenvalue weighted by atomic mass is 9.84. The quantitative estimate of drug-likeness (QED) is 0.278. The molecule has 0 aromatic carbocycles. The van der Waals surface area contributed by atoms with Crippen molar-refractivity contribution in [2.24, 2.45) is 17.8 Å². The van der Waals surface area contributed by atoms with Crippen molar-refractivity contribution in [2.75, 3.05) is 27.4 Å². The molecule has 1 unspecified atom stereocenters. The molecule has 162 valence electrons. The Kier molecular flexibility index (Phi) is 14.9. The normalized spacial score (nSPS) is 18.2. The molecule has 3 heteroatoms. The Morgan fingerprint density at radius 1 is 1.14 bits per heavy atom. The van der Waals surface area contributed by atoms with Gasteiger partial charge >= 0.3 is 0 Å². The van der Waals surface area contributed by atoms with E-state index < -0.39 is 0 Å². The van der Waals surface area contributed by atoms with E-state index in [9.17, 15) is 0 Å². The molecule has 4 atom stereocenters. The van der Waals surface area contributed by atoms with Gasteiger partial charge < -0.3 is 14.8 Å². The van der Waals surface area contributed by atoms with Crippen LogP contribution in [0, 0.1) is 17.8 Å². The SMILES string of the molecule is C\C=C/C=C(C)/C(=C/C)C(OC)[C@@H](C)[C@@H](C)COCC[C@@H](C)/C=C(/CC)NC. The zero-order valence-electron chi connectivity index (χ0n) is 19.8. The summed E-state index contributed by atoms with van der Waals surface area (Å²) in [6, 6.07) is 0. The van der Waals surface area contributed by atoms with Gasteiger partial charge in [0, 0.05) is 33.1 Å². The molecular weight excluding hydrogens is 346 g/mol. The zero-order valence-corrected chi connectivity index (χ0v) is 19.8. The zero-order chi connectivity index (χ0) is 21.5. The van der Waals surface area contributed by atoms with Crippen LogP contribution in [0.15, 0.2) is 47.2 Å². The van der Waals surface area contributed by atoms with Crippen LogP contribution in [0.25, 0.3) is 0 Å². The number of hydrogen-bond donors (Lipinski definition) is 1. The van der Waals surface area contributed by atoms with E-state index in [-0.39, 0.29) is 6.10 Å². The van der Waals surface area contributed by atoms with E-state index in [1.165, 1.54) is 16.8 Å². The fourth-order valence-corrected chi connectivity index (χ4v) is 3.37. The summed E-state index contributed by atoms with van der Waals surface area (Å²) in [6.45, 7) is 16.8. The van der Waals surface area contributed by atoms with Gasteiger partial charge in [0.25, 0.3) is 0 Å². The summed E-state index contributed by atoms with van der Waals surface area (Å²) in [5, 5.41) is 3.26. The minimum Gasteiger partial charge on any atom is -0.392 e. The van der Waals surface area contributed by atoms with E-state index in [2.05, 4.69) is 77.2 Å². The third kappa shape index (κ3) is 9.75. The number of methoxy groups -OCH3 is 1. The molecule has 0 spiro atoms. The van der Waals surface area contributed by atoms with Crippen LogP contribution in [0.1, 0.15) is 61.3 Å². The Morgan fingerprint density at radius 3 is 2.32 bits per heavy atom. The molecule has 0 aromatic rings. The fourth-order valence-electron chi connectivity index (χ4n) is 3.37. The molecule has 0 radical (unpaired) electrons. The van der Waals surface area contributed by atoms with Crippen LogP contribution in [0.4, 0.5) is 0 Å². The van der Waals surface area contributed by atoms with Crippen molar-refractivity contribution in [3.05, 3.63) is 47.2 Å². The first kappa shape index (κ1) is 26.7. The summed E-state index contributed by atoms with van der Waals surface area (Å²) in [5.41, 5.74) is 3.82. The van der Waals surface area contributed by atoms with E-state index in [0.717, 1.165) is 26.1 Å². The van der Waals surface area contributed by atoms with Crippen molar-refractivity contribution in [3.63, 3.8) is 0 Å². The second kappa shape index (κ2) is 15.6. The van der Waals surface area contributed by atoms with E-state index in [1.54, 1.807) is 0 Å². The van der Waals surface area contributed by atoms with E-state index in [4.69, 9.17) is 9.47 Å². The Balaban J connectivity index is 4.70. The van der Waals surface area contributed by atoms with Gasteiger partial charge in [-0.3, -0.25) is 0 Å². The average molecular weight is 392 g/mol. The molecule has 0 amide bonds. The Hall–Kier alpha value is -1.32. The molecule has 0 bridgehead atoms. The third-order valence-corrected chi connectivity index (χ3v) is 5.53. The van der Waals surface area contributed by atoms with Crippen LogP contribution < -0.4 is 5.32 Å². The maximum atomic E-state index is 6.02. The smallest absolute Gasteiger partial charge is 0.0849 e. The Bertz CT molecular complexity index is 525. The first-order valence-electron chi connectivity index (χ1n) is 10.8. The van der Waals surface area contributed by atoms with Crippen molar-refractivity contribution in [3.8, 4) is 0 Å². The van der Waals surface area contributed by atoms with Gasteiger partial charge in [0.2, 0.25) is 0 Å². The number of rotatable bonds is 14. The van der Waals surface area contributed by atoms with Crippen molar-refractivity contribution in [1.82, 2.24) is 5.32 Å². The molecule has 0 rings (SSSR count). The summed E-state index contributed by atoms with van der Waals surface area (Å²) in [6.07, 6.45) is 12.9. The van der Waals surface area contributed by atoms with E-state index in [1.807, 2.05) is 21.1 Å². The number of allylic oxidation sites excluding steroid dienone is 6. The van der Waals surface area contributed by atoms with Crippen LogP contribution in [0.2, 0.25) is 0 Å². The number of nitrogens with one attached hydrogen (secondary N) is 1. The first-order chi connectivity index (χ1) is 13.4. The molecule has 0 aliphatic heterocycles. The highest BCUT2D eigenvalue weighted by Gasteiger charge is 2.26. The summed E-state index contributed by atoms with van der Waals surface area (Å²) in [5.74, 6) is 1.32. The van der Waals surface area contributed by atoms with Gasteiger partial charge in [-0.15, -0.1) is 0 Å². The molecule has 0 aliphatic carbocycles. The lowest BCUT2D eigenvalue weighted by molar-refractivity contribution is 0.0256. The van der Waals surface area contributed by atoms with E-state index in [0.29, 0.717) is 17.8 Å². The van der Waals surface area contributed by atoms with Gasteiger partial charge in [0.1, 0.15) is 0 Å². The third-order valence-electron chi connectivity index (χ3n) is 5.53. The van der Waals surface area contributed by atoms with Gasteiger partial charge in [-0.1, -0.05) is 58.1 Å². The maximum absolute atomic E-state index is 6.02. The van der Waals surface area contributed by atoms with Crippen LogP contribution >= 0.6 is 0 Å². The summed E-state index contributed by atoms with van der Waals surface area (Å²) in [4.78, 5) is 0. The summed E-state index contributed by atoms with van der Waals surface area (Å²) >= 11 is 0. The second-order valence-electron chi connectivity index (χ2n) is 7.75. The van der Waals surface area contributed by atoms with Crippen molar-refractivity contribution in [2.45, 2.75) is 67.4 Å². The standard InChI is InChI=1S/C25H45NO2/c1-10-13-14-20(5)24(12-3)25(27-9)22(7)21(6)18-28-16-15-19(4)17-23(11-2)26-8/h10,12-14,17,19,21-22,25-26H,11,15-16,18H2,1-9H3/b13-10-,20-14+,23-17-,24-12-/t19-,21+,22+,25?/m1/s1. The molecule has 0 fully saturated rings. The molecule has 0 saturated heterocycles. The fraction of sp³-hybridized carbons (Fsp3) is 0.680. The average Bonchev–Trinajstić information content (AvgIpc) is 2.70. The molecule has 28 heavy (non-hydrogen) atoms. The predicted octanol–water partition coefficient (Wildman–Crippen LogP) is 6.30. The van der Waals surface area contributed by atoms with Crippen LogP contribution in [-0.4, -0.2) is 33.5 Å². The number of hydrogen-bond acceptors (Lipinski definition) is 3. The van der Waals surface area contributed by atoms with E-state index >= 15 is 0 Å². The van der Waals surface area contributed by atoms with Crippen molar-refractivity contribution in [1.29, 1.82) is 0 Å². The van der Waals surface area contributed by atoms with Gasteiger partial charge in [0.05, 0.1) is 6.10 Å². The lowest BCUT2D eigenvalue weighted by Gasteiger charge is -2.30. The van der Waals surface area contributed by atoms with Crippen LogP contribution in [-0.2, 0) is 9.47 Å². The van der Waals surface area contributed by atoms with Gasteiger partial charge in [-0.05, 0) is 62.5 Å². The Labute approximate surface area is 175 Å². The lowest BCUT2D eigenvalue weighted by Crippen LogP contribution is -2.30. The highest BCUT2D eigenvalue weighted by molar-refractivity contribution is 5.35. The molecular formula is C25H45NO2. The largest absolute Gasteiger partial charge is 0.392 e. The van der Waals surface area contributed by atoms with Crippen molar-refractivity contribution >= 4 is 0 Å². The highest BCUT2D eigenvalue weighted by Crippen LogP contribution is 2.28. The van der Waals surface area contributed by atoms with Crippen LogP contribution in [0.5, 0.6) is 0 Å². The molecule has 0 heterocycles.